The minimum atomic E-state index is 0.983. The van der Waals surface area contributed by atoms with Crippen LogP contribution >= 0.6 is 11.3 Å². The zero-order valence-corrected chi connectivity index (χ0v) is 12.3. The summed E-state index contributed by atoms with van der Waals surface area (Å²) in [6.07, 6.45) is 7.78. The lowest BCUT2D eigenvalue weighted by Gasteiger charge is -2.04. The highest BCUT2D eigenvalue weighted by Crippen LogP contribution is 2.30. The minimum absolute atomic E-state index is 0.983. The third-order valence-corrected chi connectivity index (χ3v) is 3.52. The van der Waals surface area contributed by atoms with Gasteiger partial charge in [-0.15, -0.1) is 11.3 Å². The average Bonchev–Trinajstić information content (AvgIpc) is 2.91. The molecule has 0 radical (unpaired) electrons. The van der Waals surface area contributed by atoms with Gasteiger partial charge in [0.1, 0.15) is 0 Å². The Hall–Kier alpha value is -2.26. The number of allylic oxidation sites excluding steroid dienone is 4. The van der Waals surface area contributed by atoms with Crippen molar-refractivity contribution >= 4 is 27.0 Å². The van der Waals surface area contributed by atoms with Crippen LogP contribution in [-0.2, 0) is 0 Å². The quantitative estimate of drug-likeness (QED) is 0.679. The standard InChI is InChI=1S/C17H18N2S/c1-3-5-9-14(4-2)18-16-12-13-17(20-16)19-15-10-7-6-8-11-15/h3-13,18-19H,2H2,1H3/b5-3-,14-9+. The molecule has 2 aromatic rings. The second kappa shape index (κ2) is 7.36. The highest BCUT2D eigenvalue weighted by molar-refractivity contribution is 7.20. The second-order valence-electron chi connectivity index (χ2n) is 4.13. The molecule has 0 amide bonds. The van der Waals surface area contributed by atoms with E-state index in [-0.39, 0.29) is 0 Å². The van der Waals surface area contributed by atoms with Crippen molar-refractivity contribution in [3.63, 3.8) is 0 Å². The molecule has 1 aromatic heterocycles. The molecule has 0 saturated heterocycles. The van der Waals surface area contributed by atoms with Gasteiger partial charge < -0.3 is 10.6 Å². The molecule has 1 heterocycles. The van der Waals surface area contributed by atoms with Gasteiger partial charge in [0.15, 0.2) is 0 Å². The predicted octanol–water partition coefficient (Wildman–Crippen LogP) is 5.55. The van der Waals surface area contributed by atoms with Crippen LogP contribution in [0.5, 0.6) is 0 Å². The van der Waals surface area contributed by atoms with Crippen LogP contribution in [0.1, 0.15) is 6.92 Å². The maximum atomic E-state index is 3.81. The Morgan fingerprint density at radius 1 is 1.10 bits per heavy atom. The van der Waals surface area contributed by atoms with Gasteiger partial charge in [0, 0.05) is 11.4 Å². The Bertz CT molecular complexity index is 609. The first-order valence-electron chi connectivity index (χ1n) is 6.46. The molecule has 0 atom stereocenters. The predicted molar refractivity (Wildman–Crippen MR) is 90.8 cm³/mol. The summed E-state index contributed by atoms with van der Waals surface area (Å²) in [5, 5.41) is 8.91. The van der Waals surface area contributed by atoms with Gasteiger partial charge in [-0.3, -0.25) is 0 Å². The number of nitrogens with one attached hydrogen (secondary N) is 2. The number of hydrogen-bond acceptors (Lipinski definition) is 3. The number of thiophene rings is 1. The third-order valence-electron chi connectivity index (χ3n) is 2.60. The molecule has 0 spiro atoms. The van der Waals surface area contributed by atoms with Crippen molar-refractivity contribution in [3.8, 4) is 0 Å². The molecule has 0 aliphatic heterocycles. The molecule has 0 bridgehead atoms. The third kappa shape index (κ3) is 4.14. The van der Waals surface area contributed by atoms with Crippen LogP contribution in [0, 0.1) is 0 Å². The summed E-state index contributed by atoms with van der Waals surface area (Å²) in [5.41, 5.74) is 2.07. The van der Waals surface area contributed by atoms with Crippen LogP contribution in [0.3, 0.4) is 0 Å². The van der Waals surface area contributed by atoms with E-state index in [4.69, 9.17) is 0 Å². The normalized spacial score (nSPS) is 11.6. The SMILES string of the molecule is C=C/C(=C\C=C/C)Nc1ccc(Nc2ccccc2)s1. The van der Waals surface area contributed by atoms with Crippen molar-refractivity contribution in [3.05, 3.63) is 79.0 Å². The van der Waals surface area contributed by atoms with Crippen molar-refractivity contribution in [1.29, 1.82) is 0 Å². The first kappa shape index (κ1) is 14.2. The number of hydrogen-bond donors (Lipinski definition) is 2. The van der Waals surface area contributed by atoms with Crippen LogP contribution in [0.25, 0.3) is 0 Å². The monoisotopic (exact) mass is 282 g/mol. The second-order valence-corrected chi connectivity index (χ2v) is 5.22. The molecule has 0 aliphatic carbocycles. The molecule has 2 nitrogen and oxygen atoms in total. The smallest absolute Gasteiger partial charge is 0.0948 e. The molecule has 0 aliphatic rings. The van der Waals surface area contributed by atoms with E-state index in [1.54, 1.807) is 11.3 Å². The molecule has 3 heteroatoms. The molecule has 1 aromatic carbocycles. The van der Waals surface area contributed by atoms with Crippen molar-refractivity contribution in [1.82, 2.24) is 0 Å². The summed E-state index contributed by atoms with van der Waals surface area (Å²) in [6, 6.07) is 14.3. The summed E-state index contributed by atoms with van der Waals surface area (Å²) in [4.78, 5) is 0. The highest BCUT2D eigenvalue weighted by atomic mass is 32.1. The molecule has 2 rings (SSSR count). The minimum Gasteiger partial charge on any atom is -0.347 e. The summed E-state index contributed by atoms with van der Waals surface area (Å²) < 4.78 is 0. The fourth-order valence-electron chi connectivity index (χ4n) is 1.64. The Balaban J connectivity index is 2.03. The maximum Gasteiger partial charge on any atom is 0.0948 e. The number of anilines is 3. The lowest BCUT2D eigenvalue weighted by atomic mass is 10.3. The number of benzene rings is 1. The van der Waals surface area contributed by atoms with E-state index in [1.165, 1.54) is 0 Å². The molecular weight excluding hydrogens is 264 g/mol. The summed E-state index contributed by atoms with van der Waals surface area (Å²) in [7, 11) is 0. The Kier molecular flexibility index (Phi) is 5.21. The first-order valence-corrected chi connectivity index (χ1v) is 7.28. The lowest BCUT2D eigenvalue weighted by molar-refractivity contribution is 1.52. The van der Waals surface area contributed by atoms with Gasteiger partial charge in [-0.2, -0.15) is 0 Å². The maximum absolute atomic E-state index is 3.81. The zero-order valence-electron chi connectivity index (χ0n) is 11.5. The van der Waals surface area contributed by atoms with Crippen LogP contribution in [0.15, 0.2) is 79.0 Å². The van der Waals surface area contributed by atoms with E-state index in [0.717, 1.165) is 21.4 Å². The van der Waals surface area contributed by atoms with Crippen LogP contribution < -0.4 is 10.6 Å². The van der Waals surface area contributed by atoms with Gasteiger partial charge in [-0.05, 0) is 43.3 Å². The van der Waals surface area contributed by atoms with E-state index in [1.807, 2.05) is 61.6 Å². The number of para-hydroxylation sites is 1. The van der Waals surface area contributed by atoms with Crippen LogP contribution in [0.4, 0.5) is 15.7 Å². The molecule has 20 heavy (non-hydrogen) atoms. The van der Waals surface area contributed by atoms with E-state index in [2.05, 4.69) is 29.3 Å². The Morgan fingerprint density at radius 2 is 1.85 bits per heavy atom. The van der Waals surface area contributed by atoms with Gasteiger partial charge in [0.05, 0.1) is 10.0 Å². The Morgan fingerprint density at radius 3 is 2.55 bits per heavy atom. The number of rotatable bonds is 6. The van der Waals surface area contributed by atoms with E-state index >= 15 is 0 Å². The lowest BCUT2D eigenvalue weighted by Crippen LogP contribution is -1.93. The van der Waals surface area contributed by atoms with E-state index in [0.29, 0.717) is 0 Å². The average molecular weight is 282 g/mol. The van der Waals surface area contributed by atoms with Gasteiger partial charge >= 0.3 is 0 Å². The fraction of sp³-hybridized carbons (Fsp3) is 0.0588. The Labute approximate surface area is 124 Å². The molecule has 2 N–H and O–H groups in total. The van der Waals surface area contributed by atoms with Gasteiger partial charge in [0.25, 0.3) is 0 Å². The fourth-order valence-corrected chi connectivity index (χ4v) is 2.49. The molecule has 0 fully saturated rings. The molecule has 0 saturated carbocycles. The summed E-state index contributed by atoms with van der Waals surface area (Å²) in [5.74, 6) is 0. The largest absolute Gasteiger partial charge is 0.347 e. The summed E-state index contributed by atoms with van der Waals surface area (Å²) >= 11 is 1.67. The van der Waals surface area contributed by atoms with Crippen molar-refractivity contribution in [2.24, 2.45) is 0 Å². The molecule has 102 valence electrons. The first-order chi connectivity index (χ1) is 9.81. The van der Waals surface area contributed by atoms with Crippen LogP contribution in [0.2, 0.25) is 0 Å². The highest BCUT2D eigenvalue weighted by Gasteiger charge is 2.00. The van der Waals surface area contributed by atoms with Crippen molar-refractivity contribution < 1.29 is 0 Å². The topological polar surface area (TPSA) is 24.1 Å². The molecule has 0 unspecified atom stereocenters. The zero-order chi connectivity index (χ0) is 14.2. The molecular formula is C17H18N2S. The summed E-state index contributed by atoms with van der Waals surface area (Å²) in [6.45, 7) is 5.80. The van der Waals surface area contributed by atoms with Crippen LogP contribution in [-0.4, -0.2) is 0 Å². The van der Waals surface area contributed by atoms with E-state index in [9.17, 15) is 0 Å². The van der Waals surface area contributed by atoms with E-state index < -0.39 is 0 Å². The van der Waals surface area contributed by atoms with Crippen molar-refractivity contribution in [2.45, 2.75) is 6.92 Å². The van der Waals surface area contributed by atoms with Gasteiger partial charge in [-0.25, -0.2) is 0 Å². The van der Waals surface area contributed by atoms with Gasteiger partial charge in [0.2, 0.25) is 0 Å². The van der Waals surface area contributed by atoms with Crippen molar-refractivity contribution in [2.75, 3.05) is 10.6 Å². The van der Waals surface area contributed by atoms with Gasteiger partial charge in [-0.1, -0.05) is 36.9 Å².